The second-order valence-electron chi connectivity index (χ2n) is 4.55. The first-order valence-corrected chi connectivity index (χ1v) is 5.91. The summed E-state index contributed by atoms with van der Waals surface area (Å²) in [6.45, 7) is 3.27. The first-order chi connectivity index (χ1) is 9.08. The van der Waals surface area contributed by atoms with E-state index in [1.54, 1.807) is 12.4 Å². The van der Waals surface area contributed by atoms with Crippen LogP contribution in [0.5, 0.6) is 0 Å². The van der Waals surface area contributed by atoms with Crippen LogP contribution in [0.3, 0.4) is 0 Å². The Morgan fingerprint density at radius 3 is 2.79 bits per heavy atom. The number of carbonyl (C=O) groups is 1. The quantitative estimate of drug-likeness (QED) is 0.850. The fourth-order valence-electron chi connectivity index (χ4n) is 1.93. The zero-order valence-corrected chi connectivity index (χ0v) is 10.9. The van der Waals surface area contributed by atoms with Crippen LogP contribution in [0.15, 0.2) is 24.7 Å². The summed E-state index contributed by atoms with van der Waals surface area (Å²) in [5.41, 5.74) is 3.14. The van der Waals surface area contributed by atoms with E-state index in [4.69, 9.17) is 5.11 Å². The van der Waals surface area contributed by atoms with E-state index in [1.807, 2.05) is 31.1 Å². The Labute approximate surface area is 111 Å². The average Bonchev–Trinajstić information content (AvgIpc) is 2.80. The van der Waals surface area contributed by atoms with Crippen LogP contribution in [0.1, 0.15) is 27.2 Å². The van der Waals surface area contributed by atoms with Gasteiger partial charge in [0.25, 0.3) is 0 Å². The summed E-state index contributed by atoms with van der Waals surface area (Å²) >= 11 is 0. The fourth-order valence-corrected chi connectivity index (χ4v) is 1.93. The maximum absolute atomic E-state index is 11.0. The Morgan fingerprint density at radius 2 is 2.11 bits per heavy atom. The molecule has 100 valence electrons. The predicted octanol–water partition coefficient (Wildman–Crippen LogP) is 1.44. The largest absolute Gasteiger partial charge is 0.477 e. The lowest BCUT2D eigenvalue weighted by molar-refractivity contribution is 0.0688. The molecule has 19 heavy (non-hydrogen) atoms. The number of pyridine rings is 1. The molecule has 2 aromatic heterocycles. The van der Waals surface area contributed by atoms with Crippen molar-refractivity contribution < 1.29 is 9.90 Å². The van der Waals surface area contributed by atoms with E-state index in [9.17, 15) is 4.79 Å². The lowest BCUT2D eigenvalue weighted by atomic mass is 10.1. The summed E-state index contributed by atoms with van der Waals surface area (Å²) in [7, 11) is 1.94. The Balaban J connectivity index is 2.06. The summed E-state index contributed by atoms with van der Waals surface area (Å²) in [5, 5.41) is 15.3. The van der Waals surface area contributed by atoms with Crippen LogP contribution >= 0.6 is 0 Å². The third-order valence-corrected chi connectivity index (χ3v) is 2.95. The first-order valence-electron chi connectivity index (χ1n) is 5.91. The maximum Gasteiger partial charge on any atom is 0.354 e. The van der Waals surface area contributed by atoms with Gasteiger partial charge in [-0.1, -0.05) is 0 Å². The number of rotatable bonds is 5. The topological polar surface area (TPSA) is 82.1 Å². The molecule has 2 N–H and O–H groups in total. The lowest BCUT2D eigenvalue weighted by Gasteiger charge is -2.17. The molecule has 6 heteroatoms. The van der Waals surface area contributed by atoms with Gasteiger partial charge in [0.1, 0.15) is 5.69 Å². The normalized spacial score (nSPS) is 10.9. The van der Waals surface area contributed by atoms with Gasteiger partial charge in [0.2, 0.25) is 0 Å². The fraction of sp³-hybridized carbons (Fsp3) is 0.308. The highest BCUT2D eigenvalue weighted by Gasteiger charge is 2.14. The molecule has 0 aliphatic rings. The van der Waals surface area contributed by atoms with E-state index in [-0.39, 0.29) is 5.69 Å². The van der Waals surface area contributed by atoms with Crippen molar-refractivity contribution in [1.29, 1.82) is 0 Å². The van der Waals surface area contributed by atoms with Crippen LogP contribution in [-0.4, -0.2) is 38.2 Å². The molecule has 2 rings (SSSR count). The zero-order chi connectivity index (χ0) is 13.8. The van der Waals surface area contributed by atoms with E-state index in [1.165, 1.54) is 5.56 Å². The molecule has 0 bridgehead atoms. The number of aromatic amines is 1. The molecule has 2 aromatic rings. The molecule has 0 radical (unpaired) electrons. The Kier molecular flexibility index (Phi) is 3.91. The molecule has 0 fully saturated rings. The van der Waals surface area contributed by atoms with E-state index in [0.29, 0.717) is 12.1 Å². The number of hydrogen-bond acceptors (Lipinski definition) is 4. The van der Waals surface area contributed by atoms with Crippen LogP contribution < -0.4 is 0 Å². The lowest BCUT2D eigenvalue weighted by Crippen LogP contribution is -2.19. The third kappa shape index (κ3) is 3.17. The van der Waals surface area contributed by atoms with Crippen molar-refractivity contribution in [2.45, 2.75) is 20.0 Å². The zero-order valence-electron chi connectivity index (χ0n) is 10.9. The molecule has 0 aliphatic carbocycles. The van der Waals surface area contributed by atoms with Crippen molar-refractivity contribution in [3.05, 3.63) is 47.0 Å². The van der Waals surface area contributed by atoms with E-state index in [0.717, 1.165) is 12.1 Å². The molecule has 0 saturated heterocycles. The highest BCUT2D eigenvalue weighted by Crippen LogP contribution is 2.12. The van der Waals surface area contributed by atoms with Gasteiger partial charge >= 0.3 is 5.97 Å². The number of nitrogens with one attached hydrogen (secondary N) is 1. The number of H-pyrrole nitrogens is 1. The third-order valence-electron chi connectivity index (χ3n) is 2.95. The summed E-state index contributed by atoms with van der Waals surface area (Å²) in [5.74, 6) is -0.985. The molecule has 0 saturated carbocycles. The number of nitrogens with zero attached hydrogens (tertiary/aromatic N) is 3. The van der Waals surface area contributed by atoms with Gasteiger partial charge in [-0.15, -0.1) is 0 Å². The SMILES string of the molecule is Cc1cnccc1CN(C)Cc1cn[nH]c1C(=O)O. The monoisotopic (exact) mass is 260 g/mol. The van der Waals surface area contributed by atoms with Crippen molar-refractivity contribution in [1.82, 2.24) is 20.1 Å². The van der Waals surface area contributed by atoms with Crippen molar-refractivity contribution >= 4 is 5.97 Å². The summed E-state index contributed by atoms with van der Waals surface area (Å²) in [6, 6.07) is 1.97. The number of carboxylic acids is 1. The molecular formula is C13H16N4O2. The number of hydrogen-bond donors (Lipinski definition) is 2. The summed E-state index contributed by atoms with van der Waals surface area (Å²) in [6.07, 6.45) is 5.14. The maximum atomic E-state index is 11.0. The van der Waals surface area contributed by atoms with Crippen molar-refractivity contribution in [2.24, 2.45) is 0 Å². The first kappa shape index (κ1) is 13.2. The smallest absolute Gasteiger partial charge is 0.354 e. The molecule has 0 aliphatic heterocycles. The van der Waals surface area contributed by atoms with Crippen molar-refractivity contribution in [3.63, 3.8) is 0 Å². The molecule has 0 aromatic carbocycles. The highest BCUT2D eigenvalue weighted by molar-refractivity contribution is 5.86. The van der Waals surface area contributed by atoms with Crippen LogP contribution in [0.4, 0.5) is 0 Å². The molecule has 0 unspecified atom stereocenters. The molecule has 6 nitrogen and oxygen atoms in total. The Morgan fingerprint density at radius 1 is 1.37 bits per heavy atom. The van der Waals surface area contributed by atoms with E-state index in [2.05, 4.69) is 15.2 Å². The highest BCUT2D eigenvalue weighted by atomic mass is 16.4. The van der Waals surface area contributed by atoms with Gasteiger partial charge in [-0.25, -0.2) is 4.79 Å². The van der Waals surface area contributed by atoms with Crippen LogP contribution in [0.25, 0.3) is 0 Å². The summed E-state index contributed by atoms with van der Waals surface area (Å²) < 4.78 is 0. The van der Waals surface area contributed by atoms with E-state index < -0.39 is 5.97 Å². The second kappa shape index (κ2) is 5.62. The molecule has 2 heterocycles. The van der Waals surface area contributed by atoms with Gasteiger partial charge in [-0.3, -0.25) is 15.0 Å². The van der Waals surface area contributed by atoms with Gasteiger partial charge in [0.15, 0.2) is 0 Å². The van der Waals surface area contributed by atoms with Gasteiger partial charge in [0.05, 0.1) is 6.20 Å². The minimum Gasteiger partial charge on any atom is -0.477 e. The predicted molar refractivity (Wildman–Crippen MR) is 69.7 cm³/mol. The molecular weight excluding hydrogens is 244 g/mol. The molecule has 0 amide bonds. The van der Waals surface area contributed by atoms with Gasteiger partial charge in [-0.2, -0.15) is 5.10 Å². The number of aromatic carboxylic acids is 1. The number of aryl methyl sites for hydroxylation is 1. The number of carboxylic acid groups (broad SMARTS) is 1. The Bertz CT molecular complexity index is 580. The van der Waals surface area contributed by atoms with Crippen LogP contribution in [-0.2, 0) is 13.1 Å². The molecule has 0 spiro atoms. The van der Waals surface area contributed by atoms with Crippen molar-refractivity contribution in [3.8, 4) is 0 Å². The van der Waals surface area contributed by atoms with Gasteiger partial charge < -0.3 is 5.11 Å². The average molecular weight is 260 g/mol. The van der Waals surface area contributed by atoms with E-state index >= 15 is 0 Å². The van der Waals surface area contributed by atoms with Gasteiger partial charge in [0, 0.05) is 31.0 Å². The van der Waals surface area contributed by atoms with Crippen LogP contribution in [0, 0.1) is 6.92 Å². The van der Waals surface area contributed by atoms with Crippen molar-refractivity contribution in [2.75, 3.05) is 7.05 Å². The minimum atomic E-state index is -0.985. The Hall–Kier alpha value is -2.21. The minimum absolute atomic E-state index is 0.151. The number of aromatic nitrogens is 3. The van der Waals surface area contributed by atoms with Gasteiger partial charge in [-0.05, 0) is 31.2 Å². The summed E-state index contributed by atoms with van der Waals surface area (Å²) in [4.78, 5) is 17.1. The molecule has 0 atom stereocenters. The second-order valence-corrected chi connectivity index (χ2v) is 4.55. The van der Waals surface area contributed by atoms with Crippen LogP contribution in [0.2, 0.25) is 0 Å². The standard InChI is InChI=1S/C13H16N4O2/c1-9-5-14-4-3-10(9)7-17(2)8-11-6-15-16-12(11)13(18)19/h3-6H,7-8H2,1-2H3,(H,15,16)(H,18,19).